The van der Waals surface area contributed by atoms with Crippen LogP contribution in [0.5, 0.6) is 0 Å². The zero-order valence-corrected chi connectivity index (χ0v) is 11.7. The highest BCUT2D eigenvalue weighted by Crippen LogP contribution is 2.32. The van der Waals surface area contributed by atoms with Gasteiger partial charge in [-0.1, -0.05) is 12.6 Å². The van der Waals surface area contributed by atoms with Crippen molar-refractivity contribution in [1.82, 2.24) is 14.9 Å². The van der Waals surface area contributed by atoms with Crippen molar-refractivity contribution in [2.24, 2.45) is 0 Å². The van der Waals surface area contributed by atoms with Gasteiger partial charge < -0.3 is 4.98 Å². The molecule has 1 aromatic rings. The summed E-state index contributed by atoms with van der Waals surface area (Å²) in [5, 5.41) is 2.94. The standard InChI is InChI=1S/C16H13N3O3/c1-8-7-9-14-10(17-8)3-2-4-11(14)19(16(9)22)12-5-6-13(20)18-15(12)21/h2-4,7,12,17H,1,5-6H2,(H,18,20,21). The molecule has 2 N–H and O–H groups in total. The summed E-state index contributed by atoms with van der Waals surface area (Å²) in [5.41, 5.74) is 2.62. The summed E-state index contributed by atoms with van der Waals surface area (Å²) in [7, 11) is 0. The van der Waals surface area contributed by atoms with Gasteiger partial charge in [-0.2, -0.15) is 0 Å². The summed E-state index contributed by atoms with van der Waals surface area (Å²) in [6.45, 7) is 3.85. The molecule has 1 unspecified atom stereocenters. The van der Waals surface area contributed by atoms with Crippen LogP contribution in [0.25, 0.3) is 28.7 Å². The van der Waals surface area contributed by atoms with Crippen LogP contribution in [-0.2, 0) is 9.59 Å². The molecule has 3 aliphatic rings. The number of rotatable bonds is 1. The van der Waals surface area contributed by atoms with E-state index in [2.05, 4.69) is 16.9 Å². The highest BCUT2D eigenvalue weighted by Gasteiger charge is 2.32. The lowest BCUT2D eigenvalue weighted by Gasteiger charge is -2.22. The van der Waals surface area contributed by atoms with Crippen LogP contribution >= 0.6 is 0 Å². The second kappa shape index (κ2) is 4.30. The van der Waals surface area contributed by atoms with Gasteiger partial charge in [0.2, 0.25) is 11.8 Å². The first-order chi connectivity index (χ1) is 10.6. The fourth-order valence-corrected chi connectivity index (χ4v) is 3.23. The van der Waals surface area contributed by atoms with Gasteiger partial charge in [-0.05, 0) is 24.6 Å². The van der Waals surface area contributed by atoms with Crippen LogP contribution in [0.4, 0.5) is 0 Å². The van der Waals surface area contributed by atoms with Crippen molar-refractivity contribution in [3.05, 3.63) is 40.0 Å². The van der Waals surface area contributed by atoms with E-state index in [9.17, 15) is 14.4 Å². The molecule has 0 spiro atoms. The first kappa shape index (κ1) is 12.8. The lowest BCUT2D eigenvalue weighted by molar-refractivity contribution is -0.135. The van der Waals surface area contributed by atoms with Gasteiger partial charge in [-0.25, -0.2) is 0 Å². The lowest BCUT2D eigenvalue weighted by atomic mass is 10.0. The zero-order valence-electron chi connectivity index (χ0n) is 11.7. The monoisotopic (exact) mass is 295 g/mol. The normalized spacial score (nSPS) is 19.0. The third kappa shape index (κ3) is 1.64. The third-order valence-corrected chi connectivity index (χ3v) is 4.16. The van der Waals surface area contributed by atoms with Crippen LogP contribution in [0.1, 0.15) is 18.9 Å². The van der Waals surface area contributed by atoms with Gasteiger partial charge in [-0.3, -0.25) is 24.3 Å². The van der Waals surface area contributed by atoms with Gasteiger partial charge in [0.1, 0.15) is 6.04 Å². The van der Waals surface area contributed by atoms with E-state index in [0.717, 1.165) is 11.1 Å². The van der Waals surface area contributed by atoms with Crippen molar-refractivity contribution in [2.45, 2.75) is 18.9 Å². The molecule has 0 bridgehead atoms. The van der Waals surface area contributed by atoms with E-state index >= 15 is 0 Å². The van der Waals surface area contributed by atoms with Crippen LogP contribution in [0.15, 0.2) is 29.1 Å². The molecule has 1 fully saturated rings. The molecule has 0 radical (unpaired) electrons. The molecular weight excluding hydrogens is 282 g/mol. The molecule has 2 amide bonds. The Kier molecular flexibility index (Phi) is 2.51. The molecule has 3 heterocycles. The number of hydrogen-bond donors (Lipinski definition) is 2. The molecule has 22 heavy (non-hydrogen) atoms. The van der Waals surface area contributed by atoms with E-state index in [1.165, 1.54) is 4.57 Å². The molecule has 1 atom stereocenters. The van der Waals surface area contributed by atoms with E-state index in [-0.39, 0.29) is 17.9 Å². The maximum absolute atomic E-state index is 12.8. The fraction of sp³-hybridized carbons (Fsp3) is 0.188. The number of hydrogen-bond acceptors (Lipinski definition) is 3. The number of carbonyl (C=O) groups is 2. The minimum absolute atomic E-state index is 0.223. The number of carbonyl (C=O) groups excluding carboxylic acids is 2. The molecule has 0 aromatic heterocycles. The molecule has 0 aliphatic carbocycles. The minimum atomic E-state index is -0.656. The summed E-state index contributed by atoms with van der Waals surface area (Å²) in [6.07, 6.45) is 0.570. The topological polar surface area (TPSA) is 84.0 Å². The van der Waals surface area contributed by atoms with E-state index in [1.54, 1.807) is 6.07 Å². The molecule has 4 rings (SSSR count). The Labute approximate surface area is 124 Å². The largest absolute Gasteiger partial charge is 0.355 e. The molecule has 0 saturated carbocycles. The van der Waals surface area contributed by atoms with Crippen molar-refractivity contribution < 1.29 is 9.59 Å². The third-order valence-electron chi connectivity index (χ3n) is 4.16. The van der Waals surface area contributed by atoms with Crippen LogP contribution in [0.2, 0.25) is 0 Å². The predicted molar refractivity (Wildman–Crippen MR) is 81.3 cm³/mol. The number of nitrogens with one attached hydrogen (secondary N) is 2. The van der Waals surface area contributed by atoms with Crippen molar-refractivity contribution in [2.75, 3.05) is 0 Å². The number of benzene rings is 1. The van der Waals surface area contributed by atoms with E-state index in [0.29, 0.717) is 22.9 Å². The number of aromatic nitrogens is 2. The summed E-state index contributed by atoms with van der Waals surface area (Å²) in [6, 6.07) is 6.56. The summed E-state index contributed by atoms with van der Waals surface area (Å²) < 4.78 is 1.49. The van der Waals surface area contributed by atoms with E-state index in [4.69, 9.17) is 0 Å². The Morgan fingerprint density at radius 3 is 2.82 bits per heavy atom. The van der Waals surface area contributed by atoms with Gasteiger partial charge >= 0.3 is 0 Å². The average molecular weight is 295 g/mol. The highest BCUT2D eigenvalue weighted by atomic mass is 16.2. The molecule has 6 nitrogen and oxygen atoms in total. The van der Waals surface area contributed by atoms with Crippen molar-refractivity contribution >= 4 is 29.4 Å². The van der Waals surface area contributed by atoms with Crippen LogP contribution in [0.3, 0.4) is 0 Å². The average Bonchev–Trinajstić information content (AvgIpc) is 2.74. The van der Waals surface area contributed by atoms with Crippen molar-refractivity contribution in [1.29, 1.82) is 0 Å². The number of aromatic amines is 1. The van der Waals surface area contributed by atoms with E-state index < -0.39 is 11.9 Å². The number of imide groups is 1. The Balaban J connectivity index is 2.05. The predicted octanol–water partition coefficient (Wildman–Crippen LogP) is 0.541. The van der Waals surface area contributed by atoms with E-state index in [1.807, 2.05) is 18.2 Å². The fourth-order valence-electron chi connectivity index (χ4n) is 3.23. The second-order valence-corrected chi connectivity index (χ2v) is 5.55. The van der Waals surface area contributed by atoms with Crippen LogP contribution < -0.4 is 16.2 Å². The zero-order chi connectivity index (χ0) is 15.4. The van der Waals surface area contributed by atoms with Gasteiger partial charge in [-0.15, -0.1) is 0 Å². The number of amides is 2. The van der Waals surface area contributed by atoms with Crippen LogP contribution in [0, 0.1) is 0 Å². The first-order valence-corrected chi connectivity index (χ1v) is 7.04. The smallest absolute Gasteiger partial charge is 0.259 e. The second-order valence-electron chi connectivity index (χ2n) is 5.55. The Morgan fingerprint density at radius 2 is 2.05 bits per heavy atom. The van der Waals surface area contributed by atoms with Crippen molar-refractivity contribution in [3.8, 4) is 11.1 Å². The summed E-state index contributed by atoms with van der Waals surface area (Å²) in [4.78, 5) is 39.4. The number of H-pyrrole nitrogens is 1. The number of pyridine rings is 1. The SMILES string of the molecule is C=c1cc2c(=O)n(C3CCC(=O)NC3=O)c3cccc([nH]1)c3-2. The summed E-state index contributed by atoms with van der Waals surface area (Å²) >= 11 is 0. The van der Waals surface area contributed by atoms with Crippen LogP contribution in [-0.4, -0.2) is 21.4 Å². The minimum Gasteiger partial charge on any atom is -0.355 e. The number of piperidine rings is 1. The maximum atomic E-state index is 12.8. The summed E-state index contributed by atoms with van der Waals surface area (Å²) in [5.74, 6) is -0.717. The Morgan fingerprint density at radius 1 is 1.23 bits per heavy atom. The molecule has 110 valence electrons. The first-order valence-electron chi connectivity index (χ1n) is 7.04. The number of nitrogens with zero attached hydrogens (tertiary/aromatic N) is 1. The highest BCUT2D eigenvalue weighted by molar-refractivity contribution is 6.01. The quantitative estimate of drug-likeness (QED) is 0.643. The maximum Gasteiger partial charge on any atom is 0.259 e. The molecule has 6 heteroatoms. The van der Waals surface area contributed by atoms with Gasteiger partial charge in [0, 0.05) is 22.9 Å². The van der Waals surface area contributed by atoms with Crippen molar-refractivity contribution in [3.63, 3.8) is 0 Å². The molecule has 1 aromatic carbocycles. The molecule has 1 saturated heterocycles. The lowest BCUT2D eigenvalue weighted by Crippen LogP contribution is -2.43. The Bertz CT molecular complexity index is 998. The van der Waals surface area contributed by atoms with Gasteiger partial charge in [0.05, 0.1) is 11.1 Å². The Hall–Kier alpha value is -2.89. The molecule has 3 aliphatic heterocycles. The molecular formula is C16H13N3O3. The van der Waals surface area contributed by atoms with Gasteiger partial charge in [0.15, 0.2) is 0 Å². The van der Waals surface area contributed by atoms with Gasteiger partial charge in [0.25, 0.3) is 5.56 Å².